The van der Waals surface area contributed by atoms with Crippen LogP contribution in [0.15, 0.2) is 24.3 Å². The van der Waals surface area contributed by atoms with Crippen molar-refractivity contribution in [1.29, 1.82) is 0 Å². The molecule has 1 heterocycles. The van der Waals surface area contributed by atoms with Gasteiger partial charge in [-0.05, 0) is 31.4 Å². The highest BCUT2D eigenvalue weighted by Gasteiger charge is 2.33. The number of hydrogen-bond acceptors (Lipinski definition) is 3. The lowest BCUT2D eigenvalue weighted by Gasteiger charge is -2.29. The second kappa shape index (κ2) is 5.01. The van der Waals surface area contributed by atoms with Crippen molar-refractivity contribution in [2.75, 3.05) is 6.54 Å². The fourth-order valence-corrected chi connectivity index (χ4v) is 2.17. The van der Waals surface area contributed by atoms with Crippen molar-refractivity contribution < 1.29 is 14.7 Å². The van der Waals surface area contributed by atoms with E-state index < -0.39 is 17.6 Å². The third kappa shape index (κ3) is 2.76. The Labute approximate surface area is 112 Å². The molecule has 1 atom stereocenters. The molecule has 0 spiro atoms. The van der Waals surface area contributed by atoms with E-state index in [1.165, 1.54) is 13.8 Å². The fourth-order valence-electron chi connectivity index (χ4n) is 2.17. The molecule has 0 aromatic heterocycles. The highest BCUT2D eigenvalue weighted by atomic mass is 16.4. The first kappa shape index (κ1) is 13.5. The lowest BCUT2D eigenvalue weighted by atomic mass is 9.93. The number of amides is 1. The van der Waals surface area contributed by atoms with Crippen molar-refractivity contribution in [1.82, 2.24) is 10.6 Å². The quantitative estimate of drug-likeness (QED) is 0.754. The molecule has 0 saturated carbocycles. The van der Waals surface area contributed by atoms with Gasteiger partial charge in [0, 0.05) is 6.54 Å². The Balaban J connectivity index is 2.20. The topological polar surface area (TPSA) is 78.4 Å². The van der Waals surface area contributed by atoms with Crippen LogP contribution in [0.2, 0.25) is 0 Å². The van der Waals surface area contributed by atoms with Crippen LogP contribution in [0.25, 0.3) is 0 Å². The van der Waals surface area contributed by atoms with Gasteiger partial charge in [-0.1, -0.05) is 24.3 Å². The maximum Gasteiger partial charge on any atom is 0.328 e. The van der Waals surface area contributed by atoms with Gasteiger partial charge in [-0.2, -0.15) is 0 Å². The minimum absolute atomic E-state index is 0.306. The van der Waals surface area contributed by atoms with Gasteiger partial charge in [0.25, 0.3) is 0 Å². The Kier molecular flexibility index (Phi) is 3.57. The van der Waals surface area contributed by atoms with Crippen molar-refractivity contribution in [2.45, 2.75) is 31.8 Å². The molecule has 1 aliphatic heterocycles. The molecule has 0 bridgehead atoms. The molecular formula is C14H18N2O3. The number of carboxylic acid groups (broad SMARTS) is 1. The number of benzene rings is 1. The van der Waals surface area contributed by atoms with E-state index in [1.54, 1.807) is 0 Å². The average molecular weight is 262 g/mol. The van der Waals surface area contributed by atoms with Gasteiger partial charge in [0.05, 0.1) is 0 Å². The number of rotatable bonds is 3. The molecule has 0 fully saturated rings. The standard InChI is InChI=1S/C14H18N2O3/c1-14(2,13(18)19)16-12(17)11-10-6-4-3-5-9(10)7-8-15-11/h3-6,11,15H,7-8H2,1-2H3,(H,16,17)(H,18,19). The van der Waals surface area contributed by atoms with E-state index in [2.05, 4.69) is 10.6 Å². The zero-order chi connectivity index (χ0) is 14.0. The van der Waals surface area contributed by atoms with Crippen LogP contribution in [0, 0.1) is 0 Å². The highest BCUT2D eigenvalue weighted by Crippen LogP contribution is 2.23. The Bertz CT molecular complexity index is 511. The van der Waals surface area contributed by atoms with Crippen molar-refractivity contribution in [2.24, 2.45) is 0 Å². The predicted octanol–water partition coefficient (Wildman–Crippen LogP) is 0.853. The highest BCUT2D eigenvalue weighted by molar-refractivity contribution is 5.90. The van der Waals surface area contributed by atoms with Crippen LogP contribution >= 0.6 is 0 Å². The van der Waals surface area contributed by atoms with Crippen molar-refractivity contribution in [3.05, 3.63) is 35.4 Å². The van der Waals surface area contributed by atoms with E-state index >= 15 is 0 Å². The summed E-state index contributed by atoms with van der Waals surface area (Å²) in [5.41, 5.74) is 0.785. The molecule has 1 aromatic rings. The summed E-state index contributed by atoms with van der Waals surface area (Å²) in [5, 5.41) is 14.7. The van der Waals surface area contributed by atoms with E-state index in [0.29, 0.717) is 6.54 Å². The van der Waals surface area contributed by atoms with E-state index in [4.69, 9.17) is 5.11 Å². The molecule has 1 aliphatic rings. The Morgan fingerprint density at radius 3 is 2.74 bits per heavy atom. The number of carbonyl (C=O) groups is 2. The largest absolute Gasteiger partial charge is 0.480 e. The summed E-state index contributed by atoms with van der Waals surface area (Å²) in [4.78, 5) is 23.3. The number of nitrogens with one attached hydrogen (secondary N) is 2. The van der Waals surface area contributed by atoms with Gasteiger partial charge in [0.1, 0.15) is 11.6 Å². The van der Waals surface area contributed by atoms with Gasteiger partial charge in [0.2, 0.25) is 5.91 Å². The molecule has 19 heavy (non-hydrogen) atoms. The van der Waals surface area contributed by atoms with Crippen LogP contribution in [-0.2, 0) is 16.0 Å². The van der Waals surface area contributed by atoms with Gasteiger partial charge in [-0.3, -0.25) is 4.79 Å². The average Bonchev–Trinajstić information content (AvgIpc) is 2.37. The number of hydrogen-bond donors (Lipinski definition) is 3. The van der Waals surface area contributed by atoms with E-state index in [-0.39, 0.29) is 5.91 Å². The van der Waals surface area contributed by atoms with Crippen LogP contribution in [0.5, 0.6) is 0 Å². The summed E-state index contributed by atoms with van der Waals surface area (Å²) in [6.07, 6.45) is 0.877. The monoisotopic (exact) mass is 262 g/mol. The van der Waals surface area contributed by atoms with E-state index in [1.807, 2.05) is 24.3 Å². The van der Waals surface area contributed by atoms with Gasteiger partial charge >= 0.3 is 5.97 Å². The zero-order valence-electron chi connectivity index (χ0n) is 11.1. The normalized spacial score (nSPS) is 18.5. The van der Waals surface area contributed by atoms with E-state index in [0.717, 1.165) is 17.5 Å². The lowest BCUT2D eigenvalue weighted by molar-refractivity contribution is -0.146. The smallest absolute Gasteiger partial charge is 0.328 e. The summed E-state index contributed by atoms with van der Waals surface area (Å²) in [6, 6.07) is 7.25. The minimum atomic E-state index is -1.27. The molecule has 0 radical (unpaired) electrons. The maximum atomic E-state index is 12.2. The van der Waals surface area contributed by atoms with Gasteiger partial charge in [-0.15, -0.1) is 0 Å². The molecule has 3 N–H and O–H groups in total. The van der Waals surface area contributed by atoms with Crippen molar-refractivity contribution >= 4 is 11.9 Å². The van der Waals surface area contributed by atoms with Gasteiger partial charge < -0.3 is 15.7 Å². The number of aliphatic carboxylic acids is 1. The predicted molar refractivity (Wildman–Crippen MR) is 70.7 cm³/mol. The van der Waals surface area contributed by atoms with Crippen LogP contribution in [0.3, 0.4) is 0 Å². The first-order valence-electron chi connectivity index (χ1n) is 6.28. The van der Waals surface area contributed by atoms with Crippen LogP contribution < -0.4 is 10.6 Å². The summed E-state index contributed by atoms with van der Waals surface area (Å²) >= 11 is 0. The molecule has 5 heteroatoms. The third-order valence-corrected chi connectivity index (χ3v) is 3.34. The number of carboxylic acids is 1. The summed E-state index contributed by atoms with van der Waals surface area (Å²) in [6.45, 7) is 3.66. The molecule has 1 unspecified atom stereocenters. The Morgan fingerprint density at radius 2 is 2.05 bits per heavy atom. The minimum Gasteiger partial charge on any atom is -0.480 e. The second-order valence-electron chi connectivity index (χ2n) is 5.26. The van der Waals surface area contributed by atoms with Crippen molar-refractivity contribution in [3.63, 3.8) is 0 Å². The summed E-state index contributed by atoms with van der Waals surface area (Å²) in [5.74, 6) is -1.36. The first-order valence-corrected chi connectivity index (χ1v) is 6.28. The molecule has 2 rings (SSSR count). The second-order valence-corrected chi connectivity index (χ2v) is 5.26. The van der Waals surface area contributed by atoms with Crippen molar-refractivity contribution in [3.8, 4) is 0 Å². The van der Waals surface area contributed by atoms with Crippen LogP contribution in [-0.4, -0.2) is 29.1 Å². The molecule has 0 aliphatic carbocycles. The van der Waals surface area contributed by atoms with Crippen LogP contribution in [0.1, 0.15) is 31.0 Å². The zero-order valence-corrected chi connectivity index (χ0v) is 11.1. The SMILES string of the molecule is CC(C)(NC(=O)C1NCCc2ccccc21)C(=O)O. The Morgan fingerprint density at radius 1 is 1.37 bits per heavy atom. The third-order valence-electron chi connectivity index (χ3n) is 3.34. The Hall–Kier alpha value is -1.88. The van der Waals surface area contributed by atoms with Gasteiger partial charge in [0.15, 0.2) is 0 Å². The summed E-state index contributed by atoms with van der Waals surface area (Å²) in [7, 11) is 0. The molecular weight excluding hydrogens is 244 g/mol. The number of carbonyl (C=O) groups excluding carboxylic acids is 1. The lowest BCUT2D eigenvalue weighted by Crippen LogP contribution is -2.53. The van der Waals surface area contributed by atoms with Crippen LogP contribution in [0.4, 0.5) is 0 Å². The molecule has 0 saturated heterocycles. The van der Waals surface area contributed by atoms with E-state index in [9.17, 15) is 9.59 Å². The molecule has 1 amide bonds. The molecule has 5 nitrogen and oxygen atoms in total. The summed E-state index contributed by atoms with van der Waals surface area (Å²) < 4.78 is 0. The maximum absolute atomic E-state index is 12.2. The molecule has 102 valence electrons. The number of fused-ring (bicyclic) bond motifs is 1. The first-order chi connectivity index (χ1) is 8.92. The van der Waals surface area contributed by atoms with Gasteiger partial charge in [-0.25, -0.2) is 4.79 Å². The molecule has 1 aromatic carbocycles. The fraction of sp³-hybridized carbons (Fsp3) is 0.429.